The molecule has 0 radical (unpaired) electrons. The van der Waals surface area contributed by atoms with Gasteiger partial charge in [0.2, 0.25) is 0 Å². The summed E-state index contributed by atoms with van der Waals surface area (Å²) in [7, 11) is 0. The van der Waals surface area contributed by atoms with E-state index in [1.807, 2.05) is 0 Å². The molecule has 0 bridgehead atoms. The lowest BCUT2D eigenvalue weighted by Gasteiger charge is -2.32. The molecule has 0 fully saturated rings. The lowest BCUT2D eigenvalue weighted by molar-refractivity contribution is 1.27. The molecule has 0 saturated heterocycles. The van der Waals surface area contributed by atoms with Crippen LogP contribution < -0.4 is 9.80 Å². The molecular formula is C46H31BrN2. The van der Waals surface area contributed by atoms with Crippen LogP contribution in [0.3, 0.4) is 0 Å². The smallest absolute Gasteiger partial charge is 0.0540 e. The van der Waals surface area contributed by atoms with E-state index >= 15 is 0 Å². The van der Waals surface area contributed by atoms with Crippen LogP contribution in [0, 0.1) is 0 Å². The van der Waals surface area contributed by atoms with Crippen LogP contribution in [0.4, 0.5) is 34.1 Å². The van der Waals surface area contributed by atoms with Gasteiger partial charge in [-0.15, -0.1) is 0 Å². The van der Waals surface area contributed by atoms with E-state index in [1.165, 1.54) is 43.1 Å². The van der Waals surface area contributed by atoms with Gasteiger partial charge in [-0.3, -0.25) is 0 Å². The van der Waals surface area contributed by atoms with Crippen molar-refractivity contribution in [3.8, 4) is 0 Å². The summed E-state index contributed by atoms with van der Waals surface area (Å²) in [6.07, 6.45) is 0. The van der Waals surface area contributed by atoms with Gasteiger partial charge in [-0.05, 0) is 64.0 Å². The summed E-state index contributed by atoms with van der Waals surface area (Å²) < 4.78 is 0.996. The molecule has 0 aliphatic carbocycles. The highest BCUT2D eigenvalue weighted by molar-refractivity contribution is 9.10. The number of nitrogens with zero attached hydrogens (tertiary/aromatic N) is 2. The van der Waals surface area contributed by atoms with Crippen LogP contribution in [0.15, 0.2) is 193 Å². The van der Waals surface area contributed by atoms with Crippen molar-refractivity contribution in [1.29, 1.82) is 0 Å². The van der Waals surface area contributed by atoms with Crippen LogP contribution in [0.1, 0.15) is 0 Å². The molecule has 2 nitrogen and oxygen atoms in total. The molecule has 0 amide bonds. The highest BCUT2D eigenvalue weighted by Crippen LogP contribution is 2.47. The maximum Gasteiger partial charge on any atom is 0.0540 e. The van der Waals surface area contributed by atoms with Gasteiger partial charge < -0.3 is 9.80 Å². The molecule has 0 spiro atoms. The summed E-state index contributed by atoms with van der Waals surface area (Å²) in [5.74, 6) is 0. The first kappa shape index (κ1) is 29.3. The maximum atomic E-state index is 3.99. The number of halogens is 1. The van der Waals surface area contributed by atoms with Crippen LogP contribution in [0.5, 0.6) is 0 Å². The van der Waals surface area contributed by atoms with E-state index in [9.17, 15) is 0 Å². The van der Waals surface area contributed by atoms with Crippen LogP contribution in [-0.4, -0.2) is 0 Å². The minimum absolute atomic E-state index is 0.996. The molecule has 0 aliphatic heterocycles. The molecule has 49 heavy (non-hydrogen) atoms. The Morgan fingerprint density at radius 1 is 0.286 bits per heavy atom. The fourth-order valence-corrected chi connectivity index (χ4v) is 7.72. The van der Waals surface area contributed by atoms with E-state index in [0.29, 0.717) is 0 Å². The van der Waals surface area contributed by atoms with Crippen molar-refractivity contribution < 1.29 is 0 Å². The average molecular weight is 692 g/mol. The van der Waals surface area contributed by atoms with Crippen molar-refractivity contribution in [3.63, 3.8) is 0 Å². The van der Waals surface area contributed by atoms with Crippen molar-refractivity contribution in [2.24, 2.45) is 0 Å². The van der Waals surface area contributed by atoms with E-state index < -0.39 is 0 Å². The zero-order valence-electron chi connectivity index (χ0n) is 26.7. The summed E-state index contributed by atoms with van der Waals surface area (Å²) in [6, 6.07) is 67.7. The lowest BCUT2D eigenvalue weighted by atomic mass is 10.0. The third-order valence-electron chi connectivity index (χ3n) is 9.41. The van der Waals surface area contributed by atoms with Crippen molar-refractivity contribution in [1.82, 2.24) is 0 Å². The van der Waals surface area contributed by atoms with Crippen molar-refractivity contribution in [3.05, 3.63) is 193 Å². The van der Waals surface area contributed by atoms with Crippen molar-refractivity contribution >= 4 is 93.1 Å². The molecule has 3 heteroatoms. The first-order chi connectivity index (χ1) is 24.2. The molecule has 0 atom stereocenters. The summed E-state index contributed by atoms with van der Waals surface area (Å²) in [6.45, 7) is 0. The number of rotatable bonds is 6. The number of hydrogen-bond donors (Lipinski definition) is 0. The van der Waals surface area contributed by atoms with Gasteiger partial charge in [0, 0.05) is 37.4 Å². The van der Waals surface area contributed by atoms with Gasteiger partial charge >= 0.3 is 0 Å². The molecule has 0 aliphatic rings. The largest absolute Gasteiger partial charge is 0.309 e. The molecule has 0 aromatic heterocycles. The zero-order chi connectivity index (χ0) is 32.7. The Kier molecular flexibility index (Phi) is 7.33. The second-order valence-electron chi connectivity index (χ2n) is 12.3. The molecule has 0 heterocycles. The highest BCUT2D eigenvalue weighted by atomic mass is 79.9. The fourth-order valence-electron chi connectivity index (χ4n) is 7.25. The quantitative estimate of drug-likeness (QED) is 0.171. The van der Waals surface area contributed by atoms with Crippen LogP contribution in [-0.2, 0) is 0 Å². The Morgan fingerprint density at radius 3 is 0.857 bits per heavy atom. The first-order valence-corrected chi connectivity index (χ1v) is 17.3. The Morgan fingerprint density at radius 2 is 0.551 bits per heavy atom. The minimum atomic E-state index is 0.996. The number of hydrogen-bond acceptors (Lipinski definition) is 2. The normalized spacial score (nSPS) is 11.4. The van der Waals surface area contributed by atoms with E-state index in [4.69, 9.17) is 0 Å². The second-order valence-corrected chi connectivity index (χ2v) is 13.2. The van der Waals surface area contributed by atoms with Gasteiger partial charge in [0.25, 0.3) is 0 Å². The molecule has 0 N–H and O–H groups in total. The third kappa shape index (κ3) is 5.20. The van der Waals surface area contributed by atoms with Gasteiger partial charge in [-0.2, -0.15) is 0 Å². The van der Waals surface area contributed by atoms with E-state index in [0.717, 1.165) is 38.6 Å². The molecule has 9 aromatic carbocycles. The second kappa shape index (κ2) is 12.3. The lowest BCUT2D eigenvalue weighted by Crippen LogP contribution is -2.14. The molecular weight excluding hydrogens is 660 g/mol. The first-order valence-electron chi connectivity index (χ1n) is 16.5. The highest BCUT2D eigenvalue weighted by Gasteiger charge is 2.22. The third-order valence-corrected chi connectivity index (χ3v) is 9.87. The van der Waals surface area contributed by atoms with E-state index in [1.54, 1.807) is 0 Å². The summed E-state index contributed by atoms with van der Waals surface area (Å²) >= 11 is 3.99. The molecule has 9 rings (SSSR count). The van der Waals surface area contributed by atoms with Gasteiger partial charge in [-0.1, -0.05) is 162 Å². The topological polar surface area (TPSA) is 6.48 Å². The molecule has 9 aromatic rings. The van der Waals surface area contributed by atoms with Gasteiger partial charge in [-0.25, -0.2) is 0 Å². The maximum absolute atomic E-state index is 3.99. The molecule has 0 unspecified atom stereocenters. The van der Waals surface area contributed by atoms with Crippen LogP contribution in [0.25, 0.3) is 43.1 Å². The molecule has 0 saturated carbocycles. The Balaban J connectivity index is 1.35. The Hall–Kier alpha value is -5.90. The van der Waals surface area contributed by atoms with Crippen molar-refractivity contribution in [2.45, 2.75) is 0 Å². The van der Waals surface area contributed by atoms with Gasteiger partial charge in [0.05, 0.1) is 22.7 Å². The summed E-state index contributed by atoms with van der Waals surface area (Å²) in [5, 5.41) is 9.59. The van der Waals surface area contributed by atoms with Crippen LogP contribution >= 0.6 is 15.9 Å². The average Bonchev–Trinajstić information content (AvgIpc) is 3.15. The fraction of sp³-hybridized carbons (Fsp3) is 0. The van der Waals surface area contributed by atoms with E-state index in [-0.39, 0.29) is 0 Å². The summed E-state index contributed by atoms with van der Waals surface area (Å²) in [4.78, 5) is 4.84. The SMILES string of the molecule is Brc1cc(N(c2cccc3ccccc23)c2cccc3ccccc23)cc(N(c2cccc3ccccc23)c2cccc3ccccc23)c1. The summed E-state index contributed by atoms with van der Waals surface area (Å²) in [5.41, 5.74) is 6.62. The minimum Gasteiger partial charge on any atom is -0.309 e. The van der Waals surface area contributed by atoms with Crippen molar-refractivity contribution in [2.75, 3.05) is 9.80 Å². The van der Waals surface area contributed by atoms with Crippen LogP contribution in [0.2, 0.25) is 0 Å². The van der Waals surface area contributed by atoms with E-state index in [2.05, 4.69) is 214 Å². The standard InChI is InChI=1S/C46H31BrN2/c47-36-29-37(48(43-25-9-17-32-13-1-5-21-39(32)43)44-26-10-18-33-14-2-6-22-40(33)44)31-38(30-36)49(45-27-11-19-34-15-3-7-23-41(34)45)46-28-12-20-35-16-4-8-24-42(35)46/h1-31H. The van der Waals surface area contributed by atoms with Gasteiger partial charge in [0.15, 0.2) is 0 Å². The predicted molar refractivity (Wildman–Crippen MR) is 214 cm³/mol. The number of fused-ring (bicyclic) bond motifs is 4. The number of benzene rings is 9. The number of anilines is 6. The Labute approximate surface area is 294 Å². The Bertz CT molecular complexity index is 2300. The molecule has 232 valence electrons. The zero-order valence-corrected chi connectivity index (χ0v) is 28.3. The predicted octanol–water partition coefficient (Wildman–Crippen LogP) is 14.0. The monoisotopic (exact) mass is 690 g/mol. The van der Waals surface area contributed by atoms with Gasteiger partial charge in [0.1, 0.15) is 0 Å².